The van der Waals surface area contributed by atoms with Crippen LogP contribution in [0.4, 0.5) is 0 Å². The van der Waals surface area contributed by atoms with Crippen molar-refractivity contribution >= 4 is 18.6 Å². The summed E-state index contributed by atoms with van der Waals surface area (Å²) < 4.78 is 11.1. The van der Waals surface area contributed by atoms with Gasteiger partial charge in [0.25, 0.3) is 0 Å². The third kappa shape index (κ3) is 3.13. The number of para-hydroxylation sites is 1. The largest absolute Gasteiger partial charge is 0.492 e. The molecule has 0 spiro atoms. The van der Waals surface area contributed by atoms with Gasteiger partial charge in [-0.05, 0) is 41.7 Å². The van der Waals surface area contributed by atoms with Crippen molar-refractivity contribution in [2.75, 3.05) is 0 Å². The SMILES string of the molecule is O=C(O)CCC1OB(O)c2cc(Oc3ccccc3)ccc21. The number of aliphatic carboxylic acids is 1. The van der Waals surface area contributed by atoms with Crippen molar-refractivity contribution < 1.29 is 24.3 Å². The standard InChI is InChI=1S/C16H15BO5/c18-16(19)9-8-15-13-7-6-12(10-14(13)17(20)22-15)21-11-4-2-1-3-5-11/h1-7,10,15,20H,8-9H2,(H,18,19). The topological polar surface area (TPSA) is 76.0 Å². The second-order valence-electron chi connectivity index (χ2n) is 5.12. The first-order valence-electron chi connectivity index (χ1n) is 7.05. The van der Waals surface area contributed by atoms with E-state index in [-0.39, 0.29) is 6.42 Å². The van der Waals surface area contributed by atoms with Gasteiger partial charge in [-0.15, -0.1) is 0 Å². The fourth-order valence-corrected chi connectivity index (χ4v) is 2.53. The molecule has 0 bridgehead atoms. The van der Waals surface area contributed by atoms with E-state index < -0.39 is 19.2 Å². The van der Waals surface area contributed by atoms with Crippen molar-refractivity contribution in [3.8, 4) is 11.5 Å². The highest BCUT2D eigenvalue weighted by Crippen LogP contribution is 2.30. The number of carboxylic acids is 1. The van der Waals surface area contributed by atoms with Crippen molar-refractivity contribution in [2.24, 2.45) is 0 Å². The highest BCUT2D eigenvalue weighted by molar-refractivity contribution is 6.61. The quantitative estimate of drug-likeness (QED) is 0.827. The Morgan fingerprint density at radius 1 is 1.18 bits per heavy atom. The summed E-state index contributed by atoms with van der Waals surface area (Å²) in [6.45, 7) is 0. The average Bonchev–Trinajstić information content (AvgIpc) is 2.82. The van der Waals surface area contributed by atoms with E-state index >= 15 is 0 Å². The lowest BCUT2D eigenvalue weighted by atomic mass is 9.79. The van der Waals surface area contributed by atoms with E-state index in [0.717, 1.165) is 5.56 Å². The Morgan fingerprint density at radius 3 is 2.68 bits per heavy atom. The molecule has 22 heavy (non-hydrogen) atoms. The monoisotopic (exact) mass is 298 g/mol. The maximum Gasteiger partial charge on any atom is 0.492 e. The van der Waals surface area contributed by atoms with E-state index in [9.17, 15) is 9.82 Å². The van der Waals surface area contributed by atoms with Gasteiger partial charge < -0.3 is 19.5 Å². The van der Waals surface area contributed by atoms with Crippen LogP contribution in [-0.2, 0) is 9.45 Å². The predicted octanol–water partition coefficient (Wildman–Crippen LogP) is 2.10. The summed E-state index contributed by atoms with van der Waals surface area (Å²) >= 11 is 0. The molecule has 1 unspecified atom stereocenters. The van der Waals surface area contributed by atoms with Gasteiger partial charge in [0.05, 0.1) is 6.10 Å². The van der Waals surface area contributed by atoms with Gasteiger partial charge in [0, 0.05) is 6.42 Å². The van der Waals surface area contributed by atoms with Crippen LogP contribution in [0, 0.1) is 0 Å². The summed E-state index contributed by atoms with van der Waals surface area (Å²) in [4.78, 5) is 10.7. The fraction of sp³-hybridized carbons (Fsp3) is 0.188. The minimum absolute atomic E-state index is 0.000899. The number of ether oxygens (including phenoxy) is 1. The van der Waals surface area contributed by atoms with E-state index in [1.165, 1.54) is 0 Å². The zero-order chi connectivity index (χ0) is 15.5. The van der Waals surface area contributed by atoms with Crippen LogP contribution in [0.15, 0.2) is 48.5 Å². The Hall–Kier alpha value is -2.31. The van der Waals surface area contributed by atoms with Gasteiger partial charge in [-0.1, -0.05) is 24.3 Å². The molecule has 0 saturated carbocycles. The number of rotatable bonds is 5. The van der Waals surface area contributed by atoms with Gasteiger partial charge in [-0.3, -0.25) is 4.79 Å². The van der Waals surface area contributed by atoms with Crippen LogP contribution in [0.1, 0.15) is 24.5 Å². The molecule has 1 aliphatic rings. The predicted molar refractivity (Wildman–Crippen MR) is 81.3 cm³/mol. The third-order valence-electron chi connectivity index (χ3n) is 3.56. The van der Waals surface area contributed by atoms with Crippen molar-refractivity contribution in [3.63, 3.8) is 0 Å². The lowest BCUT2D eigenvalue weighted by Crippen LogP contribution is -2.27. The second-order valence-corrected chi connectivity index (χ2v) is 5.12. The number of fused-ring (bicyclic) bond motifs is 1. The average molecular weight is 298 g/mol. The number of benzene rings is 2. The summed E-state index contributed by atoms with van der Waals surface area (Å²) in [5.74, 6) is 0.431. The normalized spacial score (nSPS) is 16.4. The Morgan fingerprint density at radius 2 is 1.95 bits per heavy atom. The number of hydrogen-bond acceptors (Lipinski definition) is 4. The first kappa shape index (κ1) is 14.6. The molecule has 0 aliphatic carbocycles. The molecule has 5 nitrogen and oxygen atoms in total. The molecule has 0 aromatic heterocycles. The molecule has 2 N–H and O–H groups in total. The molecule has 3 rings (SSSR count). The molecule has 112 valence electrons. The summed E-state index contributed by atoms with van der Waals surface area (Å²) in [6.07, 6.45) is -0.0657. The Labute approximate surface area is 128 Å². The van der Waals surface area contributed by atoms with Crippen LogP contribution >= 0.6 is 0 Å². The lowest BCUT2D eigenvalue weighted by molar-refractivity contribution is -0.137. The van der Waals surface area contributed by atoms with Crippen molar-refractivity contribution in [1.29, 1.82) is 0 Å². The minimum atomic E-state index is -1.05. The Kier molecular flexibility index (Phi) is 4.13. The van der Waals surface area contributed by atoms with Gasteiger partial charge in [-0.25, -0.2) is 0 Å². The molecule has 0 saturated heterocycles. The second kappa shape index (κ2) is 6.21. The van der Waals surface area contributed by atoms with Gasteiger partial charge in [0.15, 0.2) is 0 Å². The summed E-state index contributed by atoms with van der Waals surface area (Å²) in [5, 5.41) is 18.7. The van der Waals surface area contributed by atoms with E-state index in [4.69, 9.17) is 14.5 Å². The van der Waals surface area contributed by atoms with Gasteiger partial charge in [-0.2, -0.15) is 0 Å². The molecule has 6 heteroatoms. The molecular weight excluding hydrogens is 283 g/mol. The molecule has 2 aromatic carbocycles. The Bertz CT molecular complexity index is 673. The van der Waals surface area contributed by atoms with Crippen LogP contribution in [0.25, 0.3) is 0 Å². The van der Waals surface area contributed by atoms with E-state index in [1.54, 1.807) is 12.1 Å². The van der Waals surface area contributed by atoms with Gasteiger partial charge in [0.1, 0.15) is 11.5 Å². The van der Waals surface area contributed by atoms with Crippen molar-refractivity contribution in [3.05, 3.63) is 54.1 Å². The van der Waals surface area contributed by atoms with Crippen LogP contribution in [0.3, 0.4) is 0 Å². The van der Waals surface area contributed by atoms with Crippen molar-refractivity contribution in [1.82, 2.24) is 0 Å². The van der Waals surface area contributed by atoms with Crippen LogP contribution in [-0.4, -0.2) is 23.2 Å². The van der Waals surface area contributed by atoms with Gasteiger partial charge >= 0.3 is 13.1 Å². The fourth-order valence-electron chi connectivity index (χ4n) is 2.53. The highest BCUT2D eigenvalue weighted by Gasteiger charge is 2.35. The number of carbonyl (C=O) groups is 1. The van der Waals surface area contributed by atoms with E-state index in [0.29, 0.717) is 23.4 Å². The maximum atomic E-state index is 10.7. The first-order valence-corrected chi connectivity index (χ1v) is 7.05. The number of carboxylic acid groups (broad SMARTS) is 1. The van der Waals surface area contributed by atoms with Gasteiger partial charge in [0.2, 0.25) is 0 Å². The van der Waals surface area contributed by atoms with Crippen LogP contribution in [0.5, 0.6) is 11.5 Å². The van der Waals surface area contributed by atoms with E-state index in [2.05, 4.69) is 0 Å². The summed E-state index contributed by atoms with van der Waals surface area (Å²) in [6, 6.07) is 14.7. The molecule has 1 atom stereocenters. The zero-order valence-electron chi connectivity index (χ0n) is 11.8. The van der Waals surface area contributed by atoms with Crippen molar-refractivity contribution in [2.45, 2.75) is 18.9 Å². The molecular formula is C16H15BO5. The van der Waals surface area contributed by atoms with E-state index in [1.807, 2.05) is 36.4 Å². The summed E-state index contributed by atoms with van der Waals surface area (Å²) in [7, 11) is -1.05. The molecule has 0 amide bonds. The number of hydrogen-bond donors (Lipinski definition) is 2. The zero-order valence-corrected chi connectivity index (χ0v) is 11.8. The highest BCUT2D eigenvalue weighted by atomic mass is 16.5. The smallest absolute Gasteiger partial charge is 0.481 e. The molecule has 1 aliphatic heterocycles. The maximum absolute atomic E-state index is 10.7. The van der Waals surface area contributed by atoms with Crippen LogP contribution < -0.4 is 10.2 Å². The molecule has 0 fully saturated rings. The third-order valence-corrected chi connectivity index (χ3v) is 3.56. The molecule has 0 radical (unpaired) electrons. The summed E-state index contributed by atoms with van der Waals surface area (Å²) in [5.41, 5.74) is 1.44. The first-order chi connectivity index (χ1) is 10.6. The van der Waals surface area contributed by atoms with Crippen LogP contribution in [0.2, 0.25) is 0 Å². The molecule has 1 heterocycles. The molecule has 2 aromatic rings. The Balaban J connectivity index is 1.78. The minimum Gasteiger partial charge on any atom is -0.481 e. The lowest BCUT2D eigenvalue weighted by Gasteiger charge is -2.11.